The van der Waals surface area contributed by atoms with Gasteiger partial charge in [-0.05, 0) is 30.2 Å². The van der Waals surface area contributed by atoms with Crippen LogP contribution in [0.15, 0.2) is 46.3 Å². The Kier molecular flexibility index (Phi) is 3.79. The monoisotopic (exact) mass is 304 g/mol. The fourth-order valence-electron chi connectivity index (χ4n) is 2.34. The van der Waals surface area contributed by atoms with E-state index in [1.54, 1.807) is 17.8 Å². The molecule has 3 rings (SSSR count). The summed E-state index contributed by atoms with van der Waals surface area (Å²) in [4.78, 5) is 27.5. The first-order chi connectivity index (χ1) is 10.1. The van der Waals surface area contributed by atoms with Gasteiger partial charge in [-0.25, -0.2) is 4.39 Å². The molecule has 1 unspecified atom stereocenters. The largest absolute Gasteiger partial charge is 0.367 e. The second-order valence-corrected chi connectivity index (χ2v) is 5.90. The van der Waals surface area contributed by atoms with Crippen LogP contribution in [0.2, 0.25) is 0 Å². The summed E-state index contributed by atoms with van der Waals surface area (Å²) in [6, 6.07) is 5.62. The van der Waals surface area contributed by atoms with Gasteiger partial charge < -0.3 is 10.3 Å². The van der Waals surface area contributed by atoms with Crippen LogP contribution in [-0.2, 0) is 0 Å². The first-order valence-corrected chi connectivity index (χ1v) is 7.54. The molecule has 4 nitrogen and oxygen atoms in total. The quantitative estimate of drug-likeness (QED) is 0.896. The van der Waals surface area contributed by atoms with Crippen molar-refractivity contribution in [2.24, 2.45) is 0 Å². The second kappa shape index (κ2) is 5.73. The molecule has 1 atom stereocenters. The van der Waals surface area contributed by atoms with Crippen molar-refractivity contribution in [3.05, 3.63) is 63.8 Å². The maximum Gasteiger partial charge on any atom is 0.257 e. The second-order valence-electron chi connectivity index (χ2n) is 4.77. The van der Waals surface area contributed by atoms with E-state index in [2.05, 4.69) is 10.3 Å². The molecule has 1 aromatic carbocycles. The van der Waals surface area contributed by atoms with Crippen LogP contribution in [0.3, 0.4) is 0 Å². The van der Waals surface area contributed by atoms with Gasteiger partial charge in [0.25, 0.3) is 5.91 Å². The minimum absolute atomic E-state index is 0.0636. The molecule has 2 N–H and O–H groups in total. The van der Waals surface area contributed by atoms with Crippen LogP contribution in [0.1, 0.15) is 28.4 Å². The Morgan fingerprint density at radius 1 is 1.38 bits per heavy atom. The number of nitrogens with one attached hydrogen (secondary N) is 2. The Morgan fingerprint density at radius 2 is 2.24 bits per heavy atom. The predicted octanol–water partition coefficient (Wildman–Crippen LogP) is 2.48. The summed E-state index contributed by atoms with van der Waals surface area (Å²) in [6.45, 7) is 0. The van der Waals surface area contributed by atoms with Gasteiger partial charge in [-0.15, -0.1) is 11.8 Å². The summed E-state index contributed by atoms with van der Waals surface area (Å²) in [5.41, 5.74) is 0.497. The van der Waals surface area contributed by atoms with Crippen molar-refractivity contribution in [3.63, 3.8) is 0 Å². The molecule has 21 heavy (non-hydrogen) atoms. The number of rotatable bonds is 2. The number of aromatic amines is 1. The Morgan fingerprint density at radius 3 is 3.05 bits per heavy atom. The smallest absolute Gasteiger partial charge is 0.257 e. The highest BCUT2D eigenvalue weighted by Gasteiger charge is 2.24. The van der Waals surface area contributed by atoms with Crippen molar-refractivity contribution < 1.29 is 9.18 Å². The average Bonchev–Trinajstić information content (AvgIpc) is 2.48. The number of amides is 1. The van der Waals surface area contributed by atoms with E-state index in [0.29, 0.717) is 6.42 Å². The summed E-state index contributed by atoms with van der Waals surface area (Å²) in [6.07, 6.45) is 3.56. The van der Waals surface area contributed by atoms with Crippen LogP contribution in [0.5, 0.6) is 0 Å². The van der Waals surface area contributed by atoms with Gasteiger partial charge in [0.1, 0.15) is 11.4 Å². The van der Waals surface area contributed by atoms with Crippen LogP contribution < -0.4 is 10.7 Å². The molecule has 0 radical (unpaired) electrons. The standard InChI is InChI=1S/C15H13FN2O2S/c16-9-1-2-14-10(7-9)12(4-6-21-14)18-15(20)11-8-17-5-3-13(11)19/h1-3,5,7-8,12H,4,6H2,(H,17,19)(H,18,20). The lowest BCUT2D eigenvalue weighted by Gasteiger charge is -2.25. The zero-order valence-electron chi connectivity index (χ0n) is 11.1. The van der Waals surface area contributed by atoms with E-state index in [4.69, 9.17) is 0 Å². The van der Waals surface area contributed by atoms with E-state index in [0.717, 1.165) is 16.2 Å². The first-order valence-electron chi connectivity index (χ1n) is 6.55. The third-order valence-corrected chi connectivity index (χ3v) is 4.51. The lowest BCUT2D eigenvalue weighted by molar-refractivity contribution is 0.0933. The number of carbonyl (C=O) groups is 1. The molecule has 1 aromatic heterocycles. The Balaban J connectivity index is 1.87. The maximum absolute atomic E-state index is 13.4. The number of hydrogen-bond donors (Lipinski definition) is 2. The SMILES string of the molecule is O=C(NC1CCSc2ccc(F)cc21)c1c[nH]ccc1=O. The van der Waals surface area contributed by atoms with E-state index in [9.17, 15) is 14.0 Å². The summed E-state index contributed by atoms with van der Waals surface area (Å²) >= 11 is 1.64. The molecule has 2 aromatic rings. The summed E-state index contributed by atoms with van der Waals surface area (Å²) in [5, 5.41) is 2.82. The van der Waals surface area contributed by atoms with Gasteiger partial charge >= 0.3 is 0 Å². The van der Waals surface area contributed by atoms with Crippen LogP contribution in [0.25, 0.3) is 0 Å². The van der Waals surface area contributed by atoms with E-state index < -0.39 is 5.91 Å². The van der Waals surface area contributed by atoms with Crippen LogP contribution in [0.4, 0.5) is 4.39 Å². The summed E-state index contributed by atoms with van der Waals surface area (Å²) in [5.74, 6) is 0.0753. The molecule has 1 aliphatic heterocycles. The zero-order valence-corrected chi connectivity index (χ0v) is 11.9. The fourth-order valence-corrected chi connectivity index (χ4v) is 3.45. The Bertz CT molecular complexity index is 744. The summed E-state index contributed by atoms with van der Waals surface area (Å²) in [7, 11) is 0. The third-order valence-electron chi connectivity index (χ3n) is 3.39. The summed E-state index contributed by atoms with van der Waals surface area (Å²) < 4.78 is 13.4. The average molecular weight is 304 g/mol. The molecule has 6 heteroatoms. The highest BCUT2D eigenvalue weighted by Crippen LogP contribution is 2.36. The number of thioether (sulfide) groups is 1. The first kappa shape index (κ1) is 13.9. The molecule has 0 bridgehead atoms. The van der Waals surface area contributed by atoms with Crippen molar-refractivity contribution in [2.45, 2.75) is 17.4 Å². The number of hydrogen-bond acceptors (Lipinski definition) is 3. The molecule has 108 valence electrons. The maximum atomic E-state index is 13.4. The lowest BCUT2D eigenvalue weighted by Crippen LogP contribution is -2.33. The number of halogens is 1. The number of aromatic nitrogens is 1. The van der Waals surface area contributed by atoms with Crippen molar-refractivity contribution >= 4 is 17.7 Å². The molecule has 1 aliphatic rings. The van der Waals surface area contributed by atoms with Gasteiger partial charge in [0.05, 0.1) is 6.04 Å². The third kappa shape index (κ3) is 2.85. The van der Waals surface area contributed by atoms with Gasteiger partial charge in [-0.1, -0.05) is 0 Å². The number of benzene rings is 1. The molecular formula is C15H13FN2O2S. The van der Waals surface area contributed by atoms with E-state index in [1.165, 1.54) is 30.6 Å². The van der Waals surface area contributed by atoms with Gasteiger partial charge in [0.2, 0.25) is 0 Å². The Hall–Kier alpha value is -2.08. The molecule has 0 saturated carbocycles. The fraction of sp³-hybridized carbons (Fsp3) is 0.200. The van der Waals surface area contributed by atoms with Crippen molar-refractivity contribution in [1.29, 1.82) is 0 Å². The molecule has 2 heterocycles. The van der Waals surface area contributed by atoms with E-state index in [-0.39, 0.29) is 22.9 Å². The highest BCUT2D eigenvalue weighted by atomic mass is 32.2. The normalized spacial score (nSPS) is 17.1. The number of fused-ring (bicyclic) bond motifs is 1. The van der Waals surface area contributed by atoms with Crippen molar-refractivity contribution in [1.82, 2.24) is 10.3 Å². The molecule has 0 fully saturated rings. The molecular weight excluding hydrogens is 291 g/mol. The minimum Gasteiger partial charge on any atom is -0.367 e. The van der Waals surface area contributed by atoms with Crippen LogP contribution in [-0.4, -0.2) is 16.6 Å². The van der Waals surface area contributed by atoms with Crippen LogP contribution >= 0.6 is 11.8 Å². The topological polar surface area (TPSA) is 62.0 Å². The highest BCUT2D eigenvalue weighted by molar-refractivity contribution is 7.99. The minimum atomic E-state index is -0.441. The zero-order chi connectivity index (χ0) is 14.8. The van der Waals surface area contributed by atoms with Gasteiger partial charge in [-0.3, -0.25) is 9.59 Å². The number of H-pyrrole nitrogens is 1. The van der Waals surface area contributed by atoms with E-state index >= 15 is 0 Å². The lowest BCUT2D eigenvalue weighted by atomic mass is 10.0. The molecule has 0 spiro atoms. The number of pyridine rings is 1. The van der Waals surface area contributed by atoms with Gasteiger partial charge in [0.15, 0.2) is 5.43 Å². The molecule has 0 aliphatic carbocycles. The Labute approximate surface area is 124 Å². The molecule has 0 saturated heterocycles. The number of carbonyl (C=O) groups excluding carboxylic acids is 1. The van der Waals surface area contributed by atoms with Crippen LogP contribution in [0, 0.1) is 5.82 Å². The van der Waals surface area contributed by atoms with Gasteiger partial charge in [-0.2, -0.15) is 0 Å². The van der Waals surface area contributed by atoms with Crippen molar-refractivity contribution in [3.8, 4) is 0 Å². The molecule has 1 amide bonds. The van der Waals surface area contributed by atoms with Crippen molar-refractivity contribution in [2.75, 3.05) is 5.75 Å². The van der Waals surface area contributed by atoms with Gasteiger partial charge in [0, 0.05) is 29.1 Å². The van der Waals surface area contributed by atoms with E-state index in [1.807, 2.05) is 0 Å². The predicted molar refractivity (Wildman–Crippen MR) is 79.0 cm³/mol.